The quantitative estimate of drug-likeness (QED) is 0.849. The molecule has 2 rings (SSSR count). The first-order valence-electron chi connectivity index (χ1n) is 7.21. The third kappa shape index (κ3) is 4.97. The third-order valence-corrected chi connectivity index (χ3v) is 3.29. The summed E-state index contributed by atoms with van der Waals surface area (Å²) in [7, 11) is 0. The fraction of sp³-hybridized carbons (Fsp3) is 0.571. The molecule has 1 N–H and O–H groups in total. The van der Waals surface area contributed by atoms with Crippen molar-refractivity contribution in [1.82, 2.24) is 24.5 Å². The van der Waals surface area contributed by atoms with Crippen molar-refractivity contribution >= 4 is 17.5 Å². The van der Waals surface area contributed by atoms with Crippen LogP contribution in [0.1, 0.15) is 40.0 Å². The lowest BCUT2D eigenvalue weighted by atomic mass is 10.0. The predicted octanol–water partition coefficient (Wildman–Crippen LogP) is 3.34. The van der Waals surface area contributed by atoms with Crippen LogP contribution in [0.5, 0.6) is 0 Å². The average Bonchev–Trinajstić information content (AvgIpc) is 2.91. The van der Waals surface area contributed by atoms with E-state index in [9.17, 15) is 0 Å². The third-order valence-electron chi connectivity index (χ3n) is 3.13. The summed E-state index contributed by atoms with van der Waals surface area (Å²) in [5.41, 5.74) is 0. The van der Waals surface area contributed by atoms with Gasteiger partial charge >= 0.3 is 0 Å². The van der Waals surface area contributed by atoms with E-state index in [1.165, 1.54) is 12.8 Å². The van der Waals surface area contributed by atoms with Gasteiger partial charge in [0.1, 0.15) is 6.33 Å². The van der Waals surface area contributed by atoms with E-state index in [4.69, 9.17) is 11.6 Å². The number of nitrogens with zero attached hydrogens (tertiary/aromatic N) is 5. The normalized spacial score (nSPS) is 12.6. The second kappa shape index (κ2) is 7.36. The molecule has 2 heterocycles. The standard InChI is InChI=1S/C14H21ClN6/c1-10(2)5-4-6-11(3)17-13-18-12(15)19-14(20-13)21-8-7-16-9-21/h7-11H,4-6H2,1-3H3,(H,17,18,19,20). The van der Waals surface area contributed by atoms with E-state index in [0.717, 1.165) is 12.3 Å². The summed E-state index contributed by atoms with van der Waals surface area (Å²) < 4.78 is 1.70. The molecule has 0 amide bonds. The van der Waals surface area contributed by atoms with Gasteiger partial charge in [-0.1, -0.05) is 26.7 Å². The summed E-state index contributed by atoms with van der Waals surface area (Å²) in [5, 5.41) is 3.45. The van der Waals surface area contributed by atoms with Crippen LogP contribution in [0.4, 0.5) is 5.95 Å². The van der Waals surface area contributed by atoms with Gasteiger partial charge < -0.3 is 5.32 Å². The Morgan fingerprint density at radius 2 is 2.00 bits per heavy atom. The molecular weight excluding hydrogens is 288 g/mol. The van der Waals surface area contributed by atoms with Crippen molar-refractivity contribution in [3.63, 3.8) is 0 Å². The Hall–Kier alpha value is -1.69. The molecule has 114 valence electrons. The van der Waals surface area contributed by atoms with Gasteiger partial charge in [0.05, 0.1) is 0 Å². The molecule has 1 atom stereocenters. The summed E-state index contributed by atoms with van der Waals surface area (Å²) in [4.78, 5) is 16.6. The highest BCUT2D eigenvalue weighted by atomic mass is 35.5. The van der Waals surface area contributed by atoms with Crippen LogP contribution >= 0.6 is 11.6 Å². The van der Waals surface area contributed by atoms with Gasteiger partial charge in [0.15, 0.2) is 0 Å². The minimum absolute atomic E-state index is 0.172. The summed E-state index contributed by atoms with van der Waals surface area (Å²) in [6, 6.07) is 0.290. The largest absolute Gasteiger partial charge is 0.352 e. The fourth-order valence-corrected chi connectivity index (χ4v) is 2.18. The summed E-state index contributed by atoms with van der Waals surface area (Å²) in [6.45, 7) is 6.59. The number of hydrogen-bond acceptors (Lipinski definition) is 5. The zero-order valence-electron chi connectivity index (χ0n) is 12.6. The summed E-state index contributed by atoms with van der Waals surface area (Å²) >= 11 is 5.96. The molecule has 0 aromatic carbocycles. The van der Waals surface area contributed by atoms with Crippen LogP contribution < -0.4 is 5.32 Å². The van der Waals surface area contributed by atoms with Crippen molar-refractivity contribution in [3.8, 4) is 5.95 Å². The number of aromatic nitrogens is 5. The monoisotopic (exact) mass is 308 g/mol. The number of anilines is 1. The molecule has 2 aromatic heterocycles. The van der Waals surface area contributed by atoms with Crippen LogP contribution in [-0.2, 0) is 0 Å². The van der Waals surface area contributed by atoms with E-state index in [2.05, 4.69) is 46.0 Å². The average molecular weight is 309 g/mol. The second-order valence-electron chi connectivity index (χ2n) is 5.57. The van der Waals surface area contributed by atoms with E-state index in [1.54, 1.807) is 23.3 Å². The number of halogens is 1. The first-order chi connectivity index (χ1) is 10.0. The fourth-order valence-electron chi connectivity index (χ4n) is 2.02. The lowest BCUT2D eigenvalue weighted by Crippen LogP contribution is -2.18. The van der Waals surface area contributed by atoms with Crippen LogP contribution in [0.25, 0.3) is 5.95 Å². The highest BCUT2D eigenvalue weighted by Gasteiger charge is 2.09. The van der Waals surface area contributed by atoms with Crippen LogP contribution in [0.2, 0.25) is 5.28 Å². The number of hydrogen-bond donors (Lipinski definition) is 1. The lowest BCUT2D eigenvalue weighted by Gasteiger charge is -2.14. The Kier molecular flexibility index (Phi) is 5.50. The maximum atomic E-state index is 5.96. The van der Waals surface area contributed by atoms with Gasteiger partial charge in [-0.25, -0.2) is 4.98 Å². The lowest BCUT2D eigenvalue weighted by molar-refractivity contribution is 0.519. The van der Waals surface area contributed by atoms with Crippen molar-refractivity contribution in [3.05, 3.63) is 24.0 Å². The molecule has 6 nitrogen and oxygen atoms in total. The Balaban J connectivity index is 2.00. The first-order valence-corrected chi connectivity index (χ1v) is 7.59. The van der Waals surface area contributed by atoms with Crippen molar-refractivity contribution in [2.24, 2.45) is 5.92 Å². The van der Waals surface area contributed by atoms with Crippen LogP contribution in [0, 0.1) is 5.92 Å². The maximum absolute atomic E-state index is 5.96. The summed E-state index contributed by atoms with van der Waals surface area (Å²) in [5.74, 6) is 1.69. The Bertz CT molecular complexity index is 555. The van der Waals surface area contributed by atoms with E-state index >= 15 is 0 Å². The molecule has 0 fully saturated rings. The van der Waals surface area contributed by atoms with E-state index in [-0.39, 0.29) is 11.3 Å². The van der Waals surface area contributed by atoms with Crippen LogP contribution in [0.15, 0.2) is 18.7 Å². The molecule has 0 aliphatic carbocycles. The molecule has 2 aromatic rings. The molecule has 0 saturated heterocycles. The minimum Gasteiger partial charge on any atom is -0.352 e. The molecule has 0 aliphatic rings. The molecule has 0 spiro atoms. The number of nitrogens with one attached hydrogen (secondary N) is 1. The molecule has 1 unspecified atom stereocenters. The van der Waals surface area contributed by atoms with E-state index in [1.807, 2.05) is 0 Å². The SMILES string of the molecule is CC(C)CCCC(C)Nc1nc(Cl)nc(-n2ccnc2)n1. The van der Waals surface area contributed by atoms with Crippen molar-refractivity contribution in [2.45, 2.75) is 46.1 Å². The number of rotatable bonds is 7. The molecular formula is C14H21ClN6. The van der Waals surface area contributed by atoms with E-state index < -0.39 is 0 Å². The van der Waals surface area contributed by atoms with Crippen LogP contribution in [0.3, 0.4) is 0 Å². The van der Waals surface area contributed by atoms with Crippen molar-refractivity contribution in [2.75, 3.05) is 5.32 Å². The summed E-state index contributed by atoms with van der Waals surface area (Å²) in [6.07, 6.45) is 8.54. The minimum atomic E-state index is 0.172. The van der Waals surface area contributed by atoms with Gasteiger partial charge in [-0.2, -0.15) is 15.0 Å². The molecule has 7 heteroatoms. The number of imidazole rings is 1. The van der Waals surface area contributed by atoms with Crippen LogP contribution in [-0.4, -0.2) is 30.5 Å². The van der Waals surface area contributed by atoms with Crippen molar-refractivity contribution < 1.29 is 0 Å². The van der Waals surface area contributed by atoms with Gasteiger partial charge in [-0.05, 0) is 30.9 Å². The molecule has 0 saturated carbocycles. The first kappa shape index (κ1) is 15.7. The zero-order valence-corrected chi connectivity index (χ0v) is 13.4. The second-order valence-corrected chi connectivity index (χ2v) is 5.91. The van der Waals surface area contributed by atoms with Gasteiger partial charge in [-0.3, -0.25) is 4.57 Å². The highest BCUT2D eigenvalue weighted by Crippen LogP contribution is 2.13. The zero-order chi connectivity index (χ0) is 15.2. The molecule has 0 bridgehead atoms. The molecule has 0 aliphatic heterocycles. The Morgan fingerprint density at radius 1 is 1.19 bits per heavy atom. The van der Waals surface area contributed by atoms with Gasteiger partial charge in [-0.15, -0.1) is 0 Å². The van der Waals surface area contributed by atoms with Gasteiger partial charge in [0.25, 0.3) is 0 Å². The molecule has 0 radical (unpaired) electrons. The Labute approximate surface area is 130 Å². The Morgan fingerprint density at radius 3 is 2.67 bits per heavy atom. The van der Waals surface area contributed by atoms with Gasteiger partial charge in [0, 0.05) is 18.4 Å². The van der Waals surface area contributed by atoms with Crippen molar-refractivity contribution in [1.29, 1.82) is 0 Å². The highest BCUT2D eigenvalue weighted by molar-refractivity contribution is 6.28. The predicted molar refractivity (Wildman–Crippen MR) is 83.7 cm³/mol. The van der Waals surface area contributed by atoms with Gasteiger partial charge in [0.2, 0.25) is 17.2 Å². The van der Waals surface area contributed by atoms with E-state index in [0.29, 0.717) is 11.9 Å². The molecule has 21 heavy (non-hydrogen) atoms. The maximum Gasteiger partial charge on any atom is 0.241 e. The topological polar surface area (TPSA) is 68.5 Å². The smallest absolute Gasteiger partial charge is 0.241 e.